The molecule has 1 N–H and O–H groups in total. The Morgan fingerprint density at radius 3 is 1.95 bits per heavy atom. The summed E-state index contributed by atoms with van der Waals surface area (Å²) in [6.45, 7) is 2.09. The Balaban J connectivity index is 0. The van der Waals surface area contributed by atoms with E-state index in [0.29, 0.717) is 37.9 Å². The van der Waals surface area contributed by atoms with Crippen LogP contribution < -0.4 is 60.9 Å². The van der Waals surface area contributed by atoms with E-state index in [0.717, 1.165) is 4.47 Å². The third kappa shape index (κ3) is 9.38. The zero-order chi connectivity index (χ0) is 12.5. The van der Waals surface area contributed by atoms with Crippen molar-refractivity contribution in [3.8, 4) is 11.5 Å². The van der Waals surface area contributed by atoms with Gasteiger partial charge in [0, 0.05) is 18.7 Å². The van der Waals surface area contributed by atoms with Crippen molar-refractivity contribution in [1.29, 1.82) is 0 Å². The van der Waals surface area contributed by atoms with Crippen LogP contribution in [0.15, 0.2) is 22.7 Å². The molecule has 0 aromatic heterocycles. The molecule has 1 aromatic rings. The fraction of sp³-hybridized carbons (Fsp3) is 0.500. The summed E-state index contributed by atoms with van der Waals surface area (Å²) in [7, 11) is 3.28. The molecule has 0 unspecified atom stereocenters. The monoisotopic (exact) mass is 360 g/mol. The van der Waals surface area contributed by atoms with Crippen molar-refractivity contribution < 1.29 is 75.8 Å². The summed E-state index contributed by atoms with van der Waals surface area (Å²) in [5.41, 5.74) is 0. The minimum Gasteiger partial charge on any atom is -0.870 e. The normalized spacial score (nSPS) is 9.21. The number of hydrogen-bond donors (Lipinski definition) is 0. The summed E-state index contributed by atoms with van der Waals surface area (Å²) >= 11 is 3.40. The maximum atomic E-state index is 5.57. The van der Waals surface area contributed by atoms with Crippen LogP contribution >= 0.6 is 15.9 Å². The first kappa shape index (κ1) is 22.1. The van der Waals surface area contributed by atoms with Gasteiger partial charge < -0.3 is 24.4 Å². The van der Waals surface area contributed by atoms with E-state index in [1.807, 2.05) is 18.2 Å². The molecular formula is C12H18BrKO5. The Kier molecular flexibility index (Phi) is 16.0. The van der Waals surface area contributed by atoms with Crippen LogP contribution in [0.3, 0.4) is 0 Å². The summed E-state index contributed by atoms with van der Waals surface area (Å²) in [5.74, 6) is 1.41. The Bertz CT molecular complexity index is 338. The smallest absolute Gasteiger partial charge is 0.870 e. The maximum Gasteiger partial charge on any atom is 1.00 e. The quantitative estimate of drug-likeness (QED) is 0.454. The van der Waals surface area contributed by atoms with Crippen LogP contribution in [0, 0.1) is 0 Å². The van der Waals surface area contributed by atoms with E-state index in [9.17, 15) is 0 Å². The Morgan fingerprint density at radius 1 is 0.895 bits per heavy atom. The summed E-state index contributed by atoms with van der Waals surface area (Å²) < 4.78 is 21.9. The first-order chi connectivity index (χ1) is 8.27. The van der Waals surface area contributed by atoms with E-state index >= 15 is 0 Å². The van der Waals surface area contributed by atoms with Crippen molar-refractivity contribution in [1.82, 2.24) is 0 Å². The number of benzene rings is 1. The second-order valence-corrected chi connectivity index (χ2v) is 4.19. The summed E-state index contributed by atoms with van der Waals surface area (Å²) in [4.78, 5) is 0. The SMILES string of the molecule is COCCOc1ccc(Br)cc1OCCOC.[K+].[OH-]. The van der Waals surface area contributed by atoms with Gasteiger partial charge in [-0.1, -0.05) is 15.9 Å². The molecule has 1 aromatic carbocycles. The molecule has 0 aliphatic rings. The van der Waals surface area contributed by atoms with Gasteiger partial charge in [0.05, 0.1) is 13.2 Å². The van der Waals surface area contributed by atoms with Crippen LogP contribution in [0.4, 0.5) is 0 Å². The molecule has 0 atom stereocenters. The van der Waals surface area contributed by atoms with Gasteiger partial charge in [0.1, 0.15) is 13.2 Å². The second-order valence-electron chi connectivity index (χ2n) is 3.27. The van der Waals surface area contributed by atoms with Crippen LogP contribution in [-0.2, 0) is 9.47 Å². The molecule has 104 valence electrons. The molecule has 0 aliphatic carbocycles. The molecule has 0 saturated heterocycles. The molecule has 0 radical (unpaired) electrons. The van der Waals surface area contributed by atoms with E-state index < -0.39 is 0 Å². The molecule has 19 heavy (non-hydrogen) atoms. The first-order valence-electron chi connectivity index (χ1n) is 5.31. The van der Waals surface area contributed by atoms with E-state index in [2.05, 4.69) is 15.9 Å². The molecule has 0 amide bonds. The molecule has 0 aliphatic heterocycles. The molecule has 0 fully saturated rings. The zero-order valence-corrected chi connectivity index (χ0v) is 16.2. The van der Waals surface area contributed by atoms with Crippen LogP contribution in [0.2, 0.25) is 0 Å². The summed E-state index contributed by atoms with van der Waals surface area (Å²) in [6, 6.07) is 5.64. The van der Waals surface area contributed by atoms with Gasteiger partial charge in [-0.25, -0.2) is 0 Å². The molecule has 0 spiro atoms. The molecular weight excluding hydrogens is 343 g/mol. The number of ether oxygens (including phenoxy) is 4. The number of rotatable bonds is 8. The second kappa shape index (κ2) is 13.8. The topological polar surface area (TPSA) is 66.9 Å². The van der Waals surface area contributed by atoms with Crippen molar-refractivity contribution in [3.63, 3.8) is 0 Å². The minimum atomic E-state index is 0. The van der Waals surface area contributed by atoms with Gasteiger partial charge in [-0.2, -0.15) is 0 Å². The van der Waals surface area contributed by atoms with Crippen molar-refractivity contribution >= 4 is 15.9 Å². The molecule has 0 saturated carbocycles. The van der Waals surface area contributed by atoms with Crippen molar-refractivity contribution in [2.24, 2.45) is 0 Å². The Hall–Kier alpha value is 0.816. The predicted molar refractivity (Wildman–Crippen MR) is 70.8 cm³/mol. The molecule has 0 heterocycles. The van der Waals surface area contributed by atoms with Crippen molar-refractivity contribution in [2.75, 3.05) is 40.6 Å². The van der Waals surface area contributed by atoms with E-state index in [4.69, 9.17) is 18.9 Å². The zero-order valence-electron chi connectivity index (χ0n) is 11.5. The molecule has 5 nitrogen and oxygen atoms in total. The molecule has 1 rings (SSSR count). The van der Waals surface area contributed by atoms with Crippen LogP contribution in [0.1, 0.15) is 0 Å². The van der Waals surface area contributed by atoms with Crippen LogP contribution in [-0.4, -0.2) is 46.1 Å². The standard InChI is InChI=1S/C12H17BrO4.K.H2O/c1-14-5-7-16-11-4-3-10(13)9-12(11)17-8-6-15-2;;/h3-4,9H,5-8H2,1-2H3;;1H2/q;+1;/p-1. The average molecular weight is 361 g/mol. The van der Waals surface area contributed by atoms with E-state index in [1.54, 1.807) is 14.2 Å². The first-order valence-corrected chi connectivity index (χ1v) is 6.10. The van der Waals surface area contributed by atoms with Gasteiger partial charge in [-0.15, -0.1) is 0 Å². The summed E-state index contributed by atoms with van der Waals surface area (Å²) in [5, 5.41) is 0. The molecule has 7 heteroatoms. The van der Waals surface area contributed by atoms with Gasteiger partial charge in [0.15, 0.2) is 11.5 Å². The van der Waals surface area contributed by atoms with Crippen molar-refractivity contribution in [3.05, 3.63) is 22.7 Å². The van der Waals surface area contributed by atoms with E-state index in [1.165, 1.54) is 0 Å². The van der Waals surface area contributed by atoms with Gasteiger partial charge >= 0.3 is 51.4 Å². The van der Waals surface area contributed by atoms with Crippen LogP contribution in [0.5, 0.6) is 11.5 Å². The predicted octanol–water partition coefficient (Wildman–Crippen LogP) is -0.673. The summed E-state index contributed by atoms with van der Waals surface area (Å²) in [6.07, 6.45) is 0. The fourth-order valence-electron chi connectivity index (χ4n) is 1.18. The van der Waals surface area contributed by atoms with Gasteiger partial charge in [-0.3, -0.25) is 0 Å². The minimum absolute atomic E-state index is 0. The number of methoxy groups -OCH3 is 2. The number of halogens is 1. The average Bonchev–Trinajstić information content (AvgIpc) is 2.32. The van der Waals surface area contributed by atoms with Crippen molar-refractivity contribution in [2.45, 2.75) is 0 Å². The Labute approximate surface area is 164 Å². The Morgan fingerprint density at radius 2 is 1.42 bits per heavy atom. The fourth-order valence-corrected chi connectivity index (χ4v) is 1.52. The molecule has 0 bridgehead atoms. The van der Waals surface area contributed by atoms with E-state index in [-0.39, 0.29) is 56.9 Å². The van der Waals surface area contributed by atoms with Gasteiger partial charge in [0.25, 0.3) is 0 Å². The van der Waals surface area contributed by atoms with Gasteiger partial charge in [-0.05, 0) is 18.2 Å². The third-order valence-electron chi connectivity index (χ3n) is 2.00. The third-order valence-corrected chi connectivity index (χ3v) is 2.49. The van der Waals surface area contributed by atoms with Crippen LogP contribution in [0.25, 0.3) is 0 Å². The maximum absolute atomic E-state index is 5.57. The largest absolute Gasteiger partial charge is 1.00 e. The number of hydrogen-bond acceptors (Lipinski definition) is 5. The van der Waals surface area contributed by atoms with Gasteiger partial charge in [0.2, 0.25) is 0 Å².